The standard InChI is InChI=1S/C21H32N4O5S/c1-4-12(2)17(25-18(26)13(3)23-19(27)15(22)11-31)20(28)24-16(21(29)30)10-14-8-6-5-7-9-14/h5-9,12-13,15-17,31H,4,10-11,22H2,1-3H3,(H,23,27)(H,24,28)(H,25,26)(H,29,30). The Morgan fingerprint density at radius 3 is 2.13 bits per heavy atom. The molecule has 0 spiro atoms. The number of rotatable bonds is 12. The van der Waals surface area contributed by atoms with Crippen LogP contribution in [0.3, 0.4) is 0 Å². The lowest BCUT2D eigenvalue weighted by Crippen LogP contribution is -2.58. The van der Waals surface area contributed by atoms with Gasteiger partial charge in [-0.1, -0.05) is 50.6 Å². The molecule has 172 valence electrons. The number of carbonyl (C=O) groups excluding carboxylic acids is 3. The fourth-order valence-corrected chi connectivity index (χ4v) is 2.93. The van der Waals surface area contributed by atoms with Gasteiger partial charge >= 0.3 is 5.97 Å². The normalized spacial score (nSPS) is 15.6. The molecule has 0 saturated carbocycles. The summed E-state index contributed by atoms with van der Waals surface area (Å²) in [5.74, 6) is -3.02. The Hall–Kier alpha value is -2.59. The molecule has 0 aliphatic carbocycles. The lowest BCUT2D eigenvalue weighted by Gasteiger charge is -2.27. The highest BCUT2D eigenvalue weighted by Crippen LogP contribution is 2.10. The van der Waals surface area contributed by atoms with E-state index in [1.54, 1.807) is 31.2 Å². The molecule has 5 atom stereocenters. The zero-order chi connectivity index (χ0) is 23.6. The van der Waals surface area contributed by atoms with Crippen LogP contribution >= 0.6 is 12.6 Å². The van der Waals surface area contributed by atoms with E-state index in [-0.39, 0.29) is 18.1 Å². The summed E-state index contributed by atoms with van der Waals surface area (Å²) in [6.07, 6.45) is 0.678. The van der Waals surface area contributed by atoms with E-state index in [2.05, 4.69) is 28.6 Å². The van der Waals surface area contributed by atoms with Gasteiger partial charge in [-0.15, -0.1) is 0 Å². The van der Waals surface area contributed by atoms with Gasteiger partial charge in [0, 0.05) is 12.2 Å². The number of thiol groups is 1. The number of aliphatic carboxylic acids is 1. The Morgan fingerprint density at radius 1 is 1.00 bits per heavy atom. The number of hydrogen-bond donors (Lipinski definition) is 6. The van der Waals surface area contributed by atoms with Crippen LogP contribution in [0.25, 0.3) is 0 Å². The highest BCUT2D eigenvalue weighted by atomic mass is 32.1. The van der Waals surface area contributed by atoms with Gasteiger partial charge in [0.2, 0.25) is 17.7 Å². The van der Waals surface area contributed by atoms with Crippen molar-refractivity contribution in [2.24, 2.45) is 11.7 Å². The highest BCUT2D eigenvalue weighted by molar-refractivity contribution is 7.80. The summed E-state index contributed by atoms with van der Waals surface area (Å²) in [5.41, 5.74) is 6.35. The van der Waals surface area contributed by atoms with Crippen LogP contribution in [0, 0.1) is 5.92 Å². The van der Waals surface area contributed by atoms with Crippen molar-refractivity contribution < 1.29 is 24.3 Å². The minimum Gasteiger partial charge on any atom is -0.480 e. The van der Waals surface area contributed by atoms with E-state index in [1.165, 1.54) is 6.92 Å². The fraction of sp³-hybridized carbons (Fsp3) is 0.524. The number of amides is 3. The molecule has 0 fully saturated rings. The van der Waals surface area contributed by atoms with E-state index in [0.717, 1.165) is 5.56 Å². The summed E-state index contributed by atoms with van der Waals surface area (Å²) in [4.78, 5) is 49.0. The molecule has 10 heteroatoms. The molecule has 9 nitrogen and oxygen atoms in total. The third-order valence-electron chi connectivity index (χ3n) is 4.98. The number of nitrogens with two attached hydrogens (primary N) is 1. The third-order valence-corrected chi connectivity index (χ3v) is 5.37. The molecule has 1 rings (SSSR count). The number of carbonyl (C=O) groups is 4. The second-order valence-electron chi connectivity index (χ2n) is 7.48. The molecule has 31 heavy (non-hydrogen) atoms. The zero-order valence-electron chi connectivity index (χ0n) is 18.0. The second-order valence-corrected chi connectivity index (χ2v) is 7.85. The predicted molar refractivity (Wildman–Crippen MR) is 121 cm³/mol. The average molecular weight is 453 g/mol. The quantitative estimate of drug-likeness (QED) is 0.247. The first-order chi connectivity index (χ1) is 14.6. The van der Waals surface area contributed by atoms with Crippen molar-refractivity contribution in [3.8, 4) is 0 Å². The van der Waals surface area contributed by atoms with E-state index < -0.39 is 47.9 Å². The minimum absolute atomic E-state index is 0.108. The molecular weight excluding hydrogens is 420 g/mol. The van der Waals surface area contributed by atoms with Crippen molar-refractivity contribution in [3.05, 3.63) is 35.9 Å². The van der Waals surface area contributed by atoms with Crippen LogP contribution in [-0.2, 0) is 25.6 Å². The Kier molecular flexibility index (Phi) is 11.1. The Balaban J connectivity index is 2.86. The lowest BCUT2D eigenvalue weighted by molar-refractivity contribution is -0.142. The van der Waals surface area contributed by atoms with Gasteiger partial charge in [-0.25, -0.2) is 4.79 Å². The number of carboxylic acid groups (broad SMARTS) is 1. The van der Waals surface area contributed by atoms with Crippen LogP contribution in [-0.4, -0.2) is 58.7 Å². The summed E-state index contributed by atoms with van der Waals surface area (Å²) in [6.45, 7) is 5.10. The van der Waals surface area contributed by atoms with E-state index >= 15 is 0 Å². The molecule has 0 aromatic heterocycles. The molecule has 0 radical (unpaired) electrons. The SMILES string of the molecule is CCC(C)C(NC(=O)C(C)NC(=O)C(N)CS)C(=O)NC(Cc1ccccc1)C(=O)O. The van der Waals surface area contributed by atoms with Crippen LogP contribution < -0.4 is 21.7 Å². The van der Waals surface area contributed by atoms with Gasteiger partial charge in [-0.3, -0.25) is 14.4 Å². The van der Waals surface area contributed by atoms with Gasteiger partial charge in [0.25, 0.3) is 0 Å². The molecule has 1 aromatic carbocycles. The molecule has 6 N–H and O–H groups in total. The second kappa shape index (κ2) is 13.0. The van der Waals surface area contributed by atoms with Crippen molar-refractivity contribution in [2.45, 2.75) is 57.8 Å². The van der Waals surface area contributed by atoms with Gasteiger partial charge < -0.3 is 26.8 Å². The van der Waals surface area contributed by atoms with Gasteiger partial charge in [0.05, 0.1) is 6.04 Å². The van der Waals surface area contributed by atoms with Gasteiger partial charge in [-0.05, 0) is 18.4 Å². The summed E-state index contributed by atoms with van der Waals surface area (Å²) in [6, 6.07) is 5.03. The molecule has 0 heterocycles. The molecule has 0 bridgehead atoms. The first-order valence-corrected chi connectivity index (χ1v) is 10.8. The lowest BCUT2D eigenvalue weighted by atomic mass is 9.97. The molecule has 3 amide bonds. The van der Waals surface area contributed by atoms with Crippen LogP contribution in [0.4, 0.5) is 0 Å². The van der Waals surface area contributed by atoms with Crippen LogP contribution in [0.15, 0.2) is 30.3 Å². The molecule has 0 aliphatic rings. The minimum atomic E-state index is -1.17. The Bertz CT molecular complexity index is 761. The summed E-state index contributed by atoms with van der Waals surface area (Å²) >= 11 is 3.95. The highest BCUT2D eigenvalue weighted by Gasteiger charge is 2.31. The smallest absolute Gasteiger partial charge is 0.326 e. The molecule has 5 unspecified atom stereocenters. The molecule has 1 aromatic rings. The summed E-state index contributed by atoms with van der Waals surface area (Å²) in [7, 11) is 0. The zero-order valence-corrected chi connectivity index (χ0v) is 18.9. The molecule has 0 aliphatic heterocycles. The molecule has 0 saturated heterocycles. The van der Waals surface area contributed by atoms with E-state index in [0.29, 0.717) is 6.42 Å². The third kappa shape index (κ3) is 8.58. The van der Waals surface area contributed by atoms with Crippen molar-refractivity contribution in [1.82, 2.24) is 16.0 Å². The summed E-state index contributed by atoms with van der Waals surface area (Å²) in [5, 5.41) is 17.2. The van der Waals surface area contributed by atoms with Crippen molar-refractivity contribution >= 4 is 36.3 Å². The Morgan fingerprint density at radius 2 is 1.61 bits per heavy atom. The first-order valence-electron chi connectivity index (χ1n) is 10.1. The number of benzene rings is 1. The largest absolute Gasteiger partial charge is 0.480 e. The molecular formula is C21H32N4O5S. The maximum absolute atomic E-state index is 12.9. The average Bonchev–Trinajstić information content (AvgIpc) is 2.75. The van der Waals surface area contributed by atoms with Gasteiger partial charge in [-0.2, -0.15) is 12.6 Å². The van der Waals surface area contributed by atoms with Crippen molar-refractivity contribution in [1.29, 1.82) is 0 Å². The maximum atomic E-state index is 12.9. The van der Waals surface area contributed by atoms with Crippen LogP contribution in [0.2, 0.25) is 0 Å². The fourth-order valence-electron chi connectivity index (χ4n) is 2.76. The van der Waals surface area contributed by atoms with Crippen molar-refractivity contribution in [2.75, 3.05) is 5.75 Å². The van der Waals surface area contributed by atoms with Crippen molar-refractivity contribution in [3.63, 3.8) is 0 Å². The monoisotopic (exact) mass is 452 g/mol. The van der Waals surface area contributed by atoms with E-state index in [1.807, 2.05) is 13.0 Å². The van der Waals surface area contributed by atoms with E-state index in [4.69, 9.17) is 5.73 Å². The van der Waals surface area contributed by atoms with Gasteiger partial charge in [0.1, 0.15) is 18.1 Å². The number of hydrogen-bond acceptors (Lipinski definition) is 6. The first kappa shape index (κ1) is 26.4. The summed E-state index contributed by atoms with van der Waals surface area (Å²) < 4.78 is 0. The number of nitrogens with one attached hydrogen (secondary N) is 3. The van der Waals surface area contributed by atoms with Gasteiger partial charge in [0.15, 0.2) is 0 Å². The van der Waals surface area contributed by atoms with Crippen LogP contribution in [0.1, 0.15) is 32.8 Å². The topological polar surface area (TPSA) is 151 Å². The maximum Gasteiger partial charge on any atom is 0.326 e. The number of carboxylic acids is 1. The predicted octanol–water partition coefficient (Wildman–Crippen LogP) is 0.0912. The van der Waals surface area contributed by atoms with Crippen LogP contribution in [0.5, 0.6) is 0 Å². The van der Waals surface area contributed by atoms with E-state index in [9.17, 15) is 24.3 Å². The Labute approximate surface area is 187 Å².